The van der Waals surface area contributed by atoms with Crippen LogP contribution < -0.4 is 4.74 Å². The van der Waals surface area contributed by atoms with Crippen LogP contribution >= 0.6 is 0 Å². The van der Waals surface area contributed by atoms with Gasteiger partial charge in [0.1, 0.15) is 11.5 Å². The number of nitrogens with zero attached hydrogens (tertiary/aromatic N) is 3. The highest BCUT2D eigenvalue weighted by atomic mass is 32.2. The number of carbonyl (C=O) groups is 1. The molecule has 3 fully saturated rings. The molecule has 0 radical (unpaired) electrons. The van der Waals surface area contributed by atoms with E-state index in [0.29, 0.717) is 62.2 Å². The zero-order valence-electron chi connectivity index (χ0n) is 19.4. The van der Waals surface area contributed by atoms with E-state index < -0.39 is 15.4 Å². The molecule has 1 aromatic carbocycles. The van der Waals surface area contributed by atoms with E-state index >= 15 is 0 Å². The molecule has 2 bridgehead atoms. The number of rotatable bonds is 6. The summed E-state index contributed by atoms with van der Waals surface area (Å²) in [5.74, 6) is 2.15. The summed E-state index contributed by atoms with van der Waals surface area (Å²) in [7, 11) is -1.93. The molecule has 5 rings (SSSR count). The van der Waals surface area contributed by atoms with Crippen molar-refractivity contribution in [3.05, 3.63) is 30.2 Å². The smallest absolute Gasteiger partial charge is 0.230 e. The largest absolute Gasteiger partial charge is 0.497 e. The molecule has 33 heavy (non-hydrogen) atoms. The second-order valence-corrected chi connectivity index (χ2v) is 12.3. The molecule has 1 aromatic heterocycles. The SMILES string of the molecule is COc1cccc(-c2noc(C3CCN(S(=O)(=O)CC45CCC(CC4=O)C5(C)C)CC3)n2)c1. The summed E-state index contributed by atoms with van der Waals surface area (Å²) in [5.41, 5.74) is -0.177. The molecule has 2 unspecified atom stereocenters. The van der Waals surface area contributed by atoms with Gasteiger partial charge in [-0.05, 0) is 49.1 Å². The lowest BCUT2D eigenvalue weighted by Gasteiger charge is -2.38. The molecule has 3 aliphatic rings. The van der Waals surface area contributed by atoms with Crippen LogP contribution in [0.15, 0.2) is 28.8 Å². The Bertz CT molecular complexity index is 1170. The third-order valence-corrected chi connectivity index (χ3v) is 10.5. The second-order valence-electron chi connectivity index (χ2n) is 10.3. The van der Waals surface area contributed by atoms with Crippen LogP contribution in [0.3, 0.4) is 0 Å². The average Bonchev–Trinajstić information content (AvgIpc) is 3.43. The van der Waals surface area contributed by atoms with E-state index in [2.05, 4.69) is 24.0 Å². The average molecular weight is 474 g/mol. The molecule has 8 nitrogen and oxygen atoms in total. The van der Waals surface area contributed by atoms with E-state index in [1.54, 1.807) is 11.4 Å². The number of ketones is 1. The van der Waals surface area contributed by atoms with E-state index in [1.165, 1.54) is 0 Å². The summed E-state index contributed by atoms with van der Waals surface area (Å²) < 4.78 is 39.1. The van der Waals surface area contributed by atoms with Crippen molar-refractivity contribution in [2.75, 3.05) is 26.0 Å². The number of carbonyl (C=O) groups excluding carboxylic acids is 1. The fraction of sp³-hybridized carbons (Fsp3) is 0.625. The molecule has 0 amide bonds. The van der Waals surface area contributed by atoms with Crippen LogP contribution in [0.5, 0.6) is 5.75 Å². The number of fused-ring (bicyclic) bond motifs is 2. The van der Waals surface area contributed by atoms with Crippen molar-refractivity contribution in [3.63, 3.8) is 0 Å². The Balaban J connectivity index is 1.26. The standard InChI is InChI=1S/C24H31N3O5S/c1-23(2)18-7-10-24(23,20(28)14-18)15-33(29,30)27-11-8-16(9-12-27)22-25-21(26-32-22)17-5-4-6-19(13-17)31-3/h4-6,13,16,18H,7-12,14-15H2,1-3H3. The topological polar surface area (TPSA) is 103 Å². The number of benzene rings is 1. The second kappa shape index (κ2) is 7.91. The summed E-state index contributed by atoms with van der Waals surface area (Å²) in [5, 5.41) is 4.11. The first kappa shape index (κ1) is 22.5. The van der Waals surface area contributed by atoms with E-state index in [-0.39, 0.29) is 22.9 Å². The molecule has 2 aliphatic carbocycles. The molecule has 178 valence electrons. The number of aromatic nitrogens is 2. The third-order valence-electron chi connectivity index (χ3n) is 8.53. The molecule has 2 saturated carbocycles. The summed E-state index contributed by atoms with van der Waals surface area (Å²) in [6, 6.07) is 7.47. The van der Waals surface area contributed by atoms with E-state index in [0.717, 1.165) is 12.0 Å². The molecule has 9 heteroatoms. The van der Waals surface area contributed by atoms with Crippen LogP contribution in [0.4, 0.5) is 0 Å². The van der Waals surface area contributed by atoms with Crippen LogP contribution in [0, 0.1) is 16.7 Å². The van der Waals surface area contributed by atoms with Crippen molar-refractivity contribution in [3.8, 4) is 17.1 Å². The molecule has 2 atom stereocenters. The van der Waals surface area contributed by atoms with E-state index in [9.17, 15) is 13.2 Å². The highest BCUT2D eigenvalue weighted by Crippen LogP contribution is 2.64. The third kappa shape index (κ3) is 3.60. The van der Waals surface area contributed by atoms with Crippen molar-refractivity contribution in [2.24, 2.45) is 16.7 Å². The summed E-state index contributed by atoms with van der Waals surface area (Å²) in [4.78, 5) is 17.4. The van der Waals surface area contributed by atoms with Crippen LogP contribution in [0.2, 0.25) is 0 Å². The lowest BCUT2D eigenvalue weighted by molar-refractivity contribution is -0.128. The van der Waals surface area contributed by atoms with Crippen molar-refractivity contribution >= 4 is 15.8 Å². The van der Waals surface area contributed by atoms with Crippen LogP contribution in [-0.4, -0.2) is 54.6 Å². The molecular formula is C24H31N3O5S. The quantitative estimate of drug-likeness (QED) is 0.631. The first-order valence-corrected chi connectivity index (χ1v) is 13.3. The minimum Gasteiger partial charge on any atom is -0.497 e. The van der Waals surface area contributed by atoms with Gasteiger partial charge >= 0.3 is 0 Å². The minimum atomic E-state index is -3.53. The van der Waals surface area contributed by atoms with Crippen LogP contribution in [0.25, 0.3) is 11.4 Å². The monoisotopic (exact) mass is 473 g/mol. The molecule has 1 aliphatic heterocycles. The van der Waals surface area contributed by atoms with Gasteiger partial charge in [0.05, 0.1) is 12.9 Å². The van der Waals surface area contributed by atoms with Crippen molar-refractivity contribution in [1.82, 2.24) is 14.4 Å². The maximum absolute atomic E-state index is 13.4. The van der Waals surface area contributed by atoms with Crippen molar-refractivity contribution in [2.45, 2.75) is 51.9 Å². The summed E-state index contributed by atoms with van der Waals surface area (Å²) in [6.45, 7) is 4.95. The lowest BCUT2D eigenvalue weighted by atomic mass is 9.70. The number of hydrogen-bond donors (Lipinski definition) is 0. The van der Waals surface area contributed by atoms with Crippen LogP contribution in [-0.2, 0) is 14.8 Å². The van der Waals surface area contributed by atoms with Gasteiger partial charge in [-0.25, -0.2) is 12.7 Å². The zero-order valence-corrected chi connectivity index (χ0v) is 20.2. The van der Waals surface area contributed by atoms with Crippen molar-refractivity contribution in [1.29, 1.82) is 0 Å². The van der Waals surface area contributed by atoms with Gasteiger partial charge in [-0.3, -0.25) is 4.79 Å². The molecular weight excluding hydrogens is 442 g/mol. The number of piperidine rings is 1. The maximum atomic E-state index is 13.4. The maximum Gasteiger partial charge on any atom is 0.230 e. The predicted octanol–water partition coefficient (Wildman–Crippen LogP) is 3.65. The number of hydrogen-bond acceptors (Lipinski definition) is 7. The molecule has 0 spiro atoms. The number of methoxy groups -OCH3 is 1. The van der Waals surface area contributed by atoms with E-state index in [4.69, 9.17) is 9.26 Å². The number of ether oxygens (including phenoxy) is 1. The fourth-order valence-corrected chi connectivity index (χ4v) is 8.42. The van der Waals surface area contributed by atoms with Gasteiger partial charge in [-0.2, -0.15) is 4.98 Å². The minimum absolute atomic E-state index is 0.0156. The van der Waals surface area contributed by atoms with Crippen molar-refractivity contribution < 1.29 is 22.5 Å². The Morgan fingerprint density at radius 1 is 1.21 bits per heavy atom. The molecule has 2 heterocycles. The van der Waals surface area contributed by atoms with Gasteiger partial charge in [0.25, 0.3) is 0 Å². The number of sulfonamides is 1. The Kier molecular flexibility index (Phi) is 5.40. The highest BCUT2D eigenvalue weighted by Gasteiger charge is 2.65. The van der Waals surface area contributed by atoms with Gasteiger partial charge in [-0.1, -0.05) is 31.1 Å². The van der Waals surface area contributed by atoms with Crippen LogP contribution in [0.1, 0.15) is 57.8 Å². The first-order valence-electron chi connectivity index (χ1n) is 11.7. The number of Topliss-reactive ketones (excluding diaryl/α,β-unsaturated/α-hetero) is 1. The summed E-state index contributed by atoms with van der Waals surface area (Å²) in [6.07, 6.45) is 3.40. The van der Waals surface area contributed by atoms with Gasteiger partial charge in [0, 0.05) is 36.4 Å². The summed E-state index contributed by atoms with van der Waals surface area (Å²) >= 11 is 0. The Hall–Kier alpha value is -2.26. The van der Waals surface area contributed by atoms with Gasteiger partial charge in [0.2, 0.25) is 21.7 Å². The van der Waals surface area contributed by atoms with E-state index in [1.807, 2.05) is 24.3 Å². The Labute approximate surface area is 194 Å². The molecule has 1 saturated heterocycles. The fourth-order valence-electron chi connectivity index (χ4n) is 6.17. The van der Waals surface area contributed by atoms with Gasteiger partial charge < -0.3 is 9.26 Å². The molecule has 2 aromatic rings. The normalized spacial score (nSPS) is 27.8. The first-order chi connectivity index (χ1) is 15.7. The van der Waals surface area contributed by atoms with Gasteiger partial charge in [-0.15, -0.1) is 0 Å². The van der Waals surface area contributed by atoms with Gasteiger partial charge in [0.15, 0.2) is 0 Å². The zero-order chi connectivity index (χ0) is 23.4. The molecule has 0 N–H and O–H groups in total. The highest BCUT2D eigenvalue weighted by molar-refractivity contribution is 7.89. The Morgan fingerprint density at radius 3 is 2.61 bits per heavy atom. The Morgan fingerprint density at radius 2 is 1.97 bits per heavy atom. The lowest BCUT2D eigenvalue weighted by Crippen LogP contribution is -2.48. The predicted molar refractivity (Wildman–Crippen MR) is 122 cm³/mol.